The van der Waals surface area contributed by atoms with Crippen LogP contribution in [-0.2, 0) is 13.1 Å². The predicted octanol–water partition coefficient (Wildman–Crippen LogP) is 0.875. The average Bonchev–Trinajstić information content (AvgIpc) is 2.92. The Kier molecular flexibility index (Phi) is 2.64. The summed E-state index contributed by atoms with van der Waals surface area (Å²) >= 11 is 0. The largest absolute Gasteiger partial charge is 0.448 e. The molecule has 0 amide bonds. The van der Waals surface area contributed by atoms with Crippen LogP contribution in [-0.4, -0.2) is 26.0 Å². The molecule has 1 fully saturated rings. The predicted molar refractivity (Wildman–Crippen MR) is 60.2 cm³/mol. The van der Waals surface area contributed by atoms with Crippen molar-refractivity contribution in [2.45, 2.75) is 38.9 Å². The van der Waals surface area contributed by atoms with E-state index in [1.54, 1.807) is 4.68 Å². The molecule has 2 aromatic heterocycles. The second kappa shape index (κ2) is 4.29. The number of hydrogen-bond acceptors (Lipinski definition) is 5. The number of nitrogens with zero attached hydrogens (tertiary/aromatic N) is 4. The van der Waals surface area contributed by atoms with Crippen molar-refractivity contribution in [1.29, 1.82) is 0 Å². The normalized spacial score (nSPS) is 15.4. The summed E-state index contributed by atoms with van der Waals surface area (Å²) in [7, 11) is 0. The Bertz CT molecular complexity index is 499. The molecule has 0 unspecified atom stereocenters. The van der Waals surface area contributed by atoms with Crippen LogP contribution in [0.25, 0.3) is 0 Å². The third-order valence-corrected chi connectivity index (χ3v) is 2.89. The summed E-state index contributed by atoms with van der Waals surface area (Å²) in [6, 6.07) is 0.693. The van der Waals surface area contributed by atoms with E-state index in [1.807, 2.05) is 13.1 Å². The summed E-state index contributed by atoms with van der Waals surface area (Å²) in [6.45, 7) is 3.30. The van der Waals surface area contributed by atoms with E-state index in [0.29, 0.717) is 12.6 Å². The number of aryl methyl sites for hydroxylation is 1. The van der Waals surface area contributed by atoms with E-state index in [-0.39, 0.29) is 0 Å². The van der Waals surface area contributed by atoms with Crippen LogP contribution in [0.5, 0.6) is 0 Å². The highest BCUT2D eigenvalue weighted by atomic mass is 16.3. The van der Waals surface area contributed by atoms with Crippen LogP contribution in [0.2, 0.25) is 0 Å². The lowest BCUT2D eigenvalue weighted by atomic mass is 10.3. The molecule has 0 spiro atoms. The lowest BCUT2D eigenvalue weighted by molar-refractivity contribution is 0.521. The van der Waals surface area contributed by atoms with Crippen LogP contribution in [0.1, 0.15) is 30.0 Å². The zero-order valence-electron chi connectivity index (χ0n) is 9.76. The summed E-state index contributed by atoms with van der Waals surface area (Å²) in [5.41, 5.74) is 1.87. The number of oxazole rings is 1. The minimum absolute atomic E-state index is 0.610. The Morgan fingerprint density at radius 3 is 3.12 bits per heavy atom. The molecule has 1 aliphatic rings. The third-order valence-electron chi connectivity index (χ3n) is 2.89. The monoisotopic (exact) mass is 233 g/mol. The van der Waals surface area contributed by atoms with Crippen molar-refractivity contribution in [2.24, 2.45) is 0 Å². The van der Waals surface area contributed by atoms with E-state index < -0.39 is 0 Å². The standard InChI is InChI=1S/C11H15N5O/c1-8-11(13-7-17-8)6-16-5-10(14-15-16)4-12-9-2-3-9/h5,7,9,12H,2-4,6H2,1H3. The molecule has 1 N–H and O–H groups in total. The molecule has 90 valence electrons. The fraction of sp³-hybridized carbons (Fsp3) is 0.545. The molecule has 0 atom stereocenters. The fourth-order valence-corrected chi connectivity index (χ4v) is 1.67. The van der Waals surface area contributed by atoms with Gasteiger partial charge in [0.2, 0.25) is 0 Å². The highest BCUT2D eigenvalue weighted by molar-refractivity contribution is 5.05. The highest BCUT2D eigenvalue weighted by Crippen LogP contribution is 2.18. The molecule has 0 radical (unpaired) electrons. The minimum Gasteiger partial charge on any atom is -0.448 e. The summed E-state index contributed by atoms with van der Waals surface area (Å²) in [5.74, 6) is 0.832. The van der Waals surface area contributed by atoms with Gasteiger partial charge in [-0.2, -0.15) is 0 Å². The first kappa shape index (κ1) is 10.5. The average molecular weight is 233 g/mol. The van der Waals surface area contributed by atoms with Gasteiger partial charge in [0.1, 0.15) is 11.5 Å². The van der Waals surface area contributed by atoms with Crippen LogP contribution >= 0.6 is 0 Å². The van der Waals surface area contributed by atoms with E-state index in [2.05, 4.69) is 20.6 Å². The first-order valence-electron chi connectivity index (χ1n) is 5.82. The van der Waals surface area contributed by atoms with Gasteiger partial charge in [-0.1, -0.05) is 5.21 Å². The molecule has 0 saturated heterocycles. The van der Waals surface area contributed by atoms with Gasteiger partial charge in [-0.3, -0.25) is 0 Å². The van der Waals surface area contributed by atoms with E-state index in [9.17, 15) is 0 Å². The Balaban J connectivity index is 1.61. The maximum absolute atomic E-state index is 5.15. The minimum atomic E-state index is 0.610. The van der Waals surface area contributed by atoms with Crippen molar-refractivity contribution >= 4 is 0 Å². The van der Waals surface area contributed by atoms with Crippen molar-refractivity contribution in [1.82, 2.24) is 25.3 Å². The molecular formula is C11H15N5O. The zero-order valence-corrected chi connectivity index (χ0v) is 9.76. The third kappa shape index (κ3) is 2.52. The van der Waals surface area contributed by atoms with Crippen LogP contribution in [0.3, 0.4) is 0 Å². The van der Waals surface area contributed by atoms with Gasteiger partial charge in [-0.05, 0) is 19.8 Å². The molecule has 6 heteroatoms. The SMILES string of the molecule is Cc1ocnc1Cn1cc(CNC2CC2)nn1. The van der Waals surface area contributed by atoms with Gasteiger partial charge in [0.05, 0.1) is 18.4 Å². The van der Waals surface area contributed by atoms with E-state index in [0.717, 1.165) is 23.7 Å². The highest BCUT2D eigenvalue weighted by Gasteiger charge is 2.20. The molecule has 3 rings (SSSR count). The maximum Gasteiger partial charge on any atom is 0.181 e. The number of nitrogens with one attached hydrogen (secondary N) is 1. The molecule has 2 aromatic rings. The first-order chi connectivity index (χ1) is 8.31. The van der Waals surface area contributed by atoms with E-state index in [4.69, 9.17) is 4.42 Å². The van der Waals surface area contributed by atoms with Crippen LogP contribution in [0.15, 0.2) is 17.0 Å². The molecule has 1 aliphatic carbocycles. The van der Waals surface area contributed by atoms with Crippen LogP contribution < -0.4 is 5.32 Å². The van der Waals surface area contributed by atoms with Gasteiger partial charge in [0.25, 0.3) is 0 Å². The second-order valence-corrected chi connectivity index (χ2v) is 4.42. The molecular weight excluding hydrogens is 218 g/mol. The first-order valence-corrected chi connectivity index (χ1v) is 5.82. The Hall–Kier alpha value is -1.69. The Morgan fingerprint density at radius 2 is 2.41 bits per heavy atom. The van der Waals surface area contributed by atoms with Crippen molar-refractivity contribution < 1.29 is 4.42 Å². The van der Waals surface area contributed by atoms with Gasteiger partial charge < -0.3 is 9.73 Å². The van der Waals surface area contributed by atoms with Gasteiger partial charge in [0.15, 0.2) is 6.39 Å². The summed E-state index contributed by atoms with van der Waals surface area (Å²) in [5, 5.41) is 11.6. The number of aromatic nitrogens is 4. The second-order valence-electron chi connectivity index (χ2n) is 4.42. The number of hydrogen-bond donors (Lipinski definition) is 1. The van der Waals surface area contributed by atoms with Crippen LogP contribution in [0.4, 0.5) is 0 Å². The molecule has 0 bridgehead atoms. The summed E-state index contributed by atoms with van der Waals surface area (Å²) in [6.07, 6.45) is 5.97. The molecule has 17 heavy (non-hydrogen) atoms. The lowest BCUT2D eigenvalue weighted by Crippen LogP contribution is -2.15. The summed E-state index contributed by atoms with van der Waals surface area (Å²) < 4.78 is 6.93. The van der Waals surface area contributed by atoms with Crippen molar-refractivity contribution in [3.63, 3.8) is 0 Å². The smallest absolute Gasteiger partial charge is 0.181 e. The zero-order chi connectivity index (χ0) is 11.7. The topological polar surface area (TPSA) is 68.8 Å². The van der Waals surface area contributed by atoms with E-state index in [1.165, 1.54) is 19.2 Å². The number of rotatable bonds is 5. The molecule has 2 heterocycles. The Morgan fingerprint density at radius 1 is 1.53 bits per heavy atom. The van der Waals surface area contributed by atoms with Gasteiger partial charge in [-0.15, -0.1) is 5.10 Å². The van der Waals surface area contributed by atoms with Crippen molar-refractivity contribution in [3.05, 3.63) is 29.7 Å². The Labute approximate surface area is 99.0 Å². The molecule has 0 aromatic carbocycles. The van der Waals surface area contributed by atoms with Gasteiger partial charge >= 0.3 is 0 Å². The van der Waals surface area contributed by atoms with Crippen molar-refractivity contribution in [2.75, 3.05) is 0 Å². The van der Waals surface area contributed by atoms with Gasteiger partial charge in [0, 0.05) is 12.6 Å². The summed E-state index contributed by atoms with van der Waals surface area (Å²) in [4.78, 5) is 4.13. The maximum atomic E-state index is 5.15. The molecule has 0 aliphatic heterocycles. The lowest BCUT2D eigenvalue weighted by Gasteiger charge is -1.97. The van der Waals surface area contributed by atoms with E-state index >= 15 is 0 Å². The van der Waals surface area contributed by atoms with Crippen molar-refractivity contribution in [3.8, 4) is 0 Å². The fourth-order valence-electron chi connectivity index (χ4n) is 1.67. The quantitative estimate of drug-likeness (QED) is 0.830. The van der Waals surface area contributed by atoms with Gasteiger partial charge in [-0.25, -0.2) is 9.67 Å². The molecule has 6 nitrogen and oxygen atoms in total. The molecule has 1 saturated carbocycles. The van der Waals surface area contributed by atoms with Crippen LogP contribution in [0, 0.1) is 6.92 Å².